The van der Waals surface area contributed by atoms with E-state index in [-0.39, 0.29) is 148 Å². The molecule has 0 radical (unpaired) electrons. The summed E-state index contributed by atoms with van der Waals surface area (Å²) < 4.78 is 17.1. The van der Waals surface area contributed by atoms with Crippen LogP contribution in [0.25, 0.3) is 0 Å². The summed E-state index contributed by atoms with van der Waals surface area (Å²) in [5.74, 6) is 0. The molecule has 0 heterocycles. The Hall–Kier alpha value is 4.73. The quantitative estimate of drug-likeness (QED) is 0.317. The van der Waals surface area contributed by atoms with Gasteiger partial charge in [-0.3, -0.25) is 0 Å². The molecule has 0 spiro atoms. The summed E-state index contributed by atoms with van der Waals surface area (Å²) in [7, 11) is -9.02. The third-order valence-electron chi connectivity index (χ3n) is 0. The first-order valence-corrected chi connectivity index (χ1v) is 4.03. The summed E-state index contributed by atoms with van der Waals surface area (Å²) in [4.78, 5) is 42.7. The SMILES string of the molecule is O=P([O-])([O-])[O-].O=[Si]([O-])[O-].[Na+].[Na+].[Na+].[Na+].[Na+]. The van der Waals surface area contributed by atoms with Gasteiger partial charge in [-0.2, -0.15) is 7.82 Å². The molecule has 0 rings (SSSR count). The molecule has 0 aliphatic heterocycles. The Morgan fingerprint density at radius 3 is 0.786 bits per heavy atom. The zero-order valence-electron chi connectivity index (χ0n) is 8.80. The maximum Gasteiger partial charge on any atom is 1.00 e. The molecular weight excluding hydrogens is 286 g/mol. The number of rotatable bonds is 0. The van der Waals surface area contributed by atoms with Crippen LogP contribution in [0.4, 0.5) is 0 Å². The summed E-state index contributed by atoms with van der Waals surface area (Å²) in [5, 5.41) is 0. The minimum Gasteiger partial charge on any atom is -0.822 e. The summed E-state index contributed by atoms with van der Waals surface area (Å²) in [6.07, 6.45) is 0. The van der Waals surface area contributed by atoms with Gasteiger partial charge in [0.25, 0.3) is 0 Å². The van der Waals surface area contributed by atoms with Gasteiger partial charge >= 0.3 is 148 Å². The fourth-order valence-corrected chi connectivity index (χ4v) is 0. The van der Waals surface area contributed by atoms with Gasteiger partial charge in [0.2, 0.25) is 0 Å². The van der Waals surface area contributed by atoms with Gasteiger partial charge in [0, 0.05) is 9.17 Å². The van der Waals surface area contributed by atoms with Crippen LogP contribution in [0.1, 0.15) is 0 Å². The topological polar surface area (TPSA) is 149 Å². The zero-order chi connectivity index (χ0) is 8.08. The molecule has 7 nitrogen and oxygen atoms in total. The van der Waals surface area contributed by atoms with Gasteiger partial charge in [0.15, 0.2) is 0 Å². The smallest absolute Gasteiger partial charge is 0.822 e. The first kappa shape index (κ1) is 42.8. The molecule has 0 atom stereocenters. The van der Waals surface area contributed by atoms with Gasteiger partial charge in [-0.15, -0.1) is 0 Å². The Kier molecular flexibility index (Phi) is 80.5. The first-order valence-electron chi connectivity index (χ1n) is 1.34. The molecule has 0 aromatic carbocycles. The van der Waals surface area contributed by atoms with Crippen LogP contribution < -0.4 is 172 Å². The van der Waals surface area contributed by atoms with Gasteiger partial charge in [-0.25, -0.2) is 0 Å². The fraction of sp³-hybridized carbons (Fsp3) is 0. The van der Waals surface area contributed by atoms with Crippen molar-refractivity contribution in [3.63, 3.8) is 0 Å². The van der Waals surface area contributed by atoms with E-state index in [4.69, 9.17) is 33.3 Å². The average Bonchev–Trinajstić information content (AvgIpc) is 1.19. The Balaban J connectivity index is -0.0000000104. The number of phosphoric acid groups is 1. The largest absolute Gasteiger partial charge is 1.00 e. The second-order valence-electron chi connectivity index (χ2n) is 0.697. The van der Waals surface area contributed by atoms with Crippen LogP contribution in [-0.4, -0.2) is 9.17 Å². The third kappa shape index (κ3) is 185. The average molecular weight is 286 g/mol. The molecule has 0 fully saturated rings. The molecule has 0 bridgehead atoms. The van der Waals surface area contributed by atoms with Gasteiger partial charge < -0.3 is 33.3 Å². The summed E-state index contributed by atoms with van der Waals surface area (Å²) >= 11 is 0. The van der Waals surface area contributed by atoms with Crippen LogP contribution in [0.15, 0.2) is 0 Å². The molecule has 0 aromatic heterocycles. The van der Waals surface area contributed by atoms with Crippen molar-refractivity contribution in [2.24, 2.45) is 0 Å². The molecule has 14 heteroatoms. The predicted octanol–water partition coefficient (Wildman–Crippen LogP) is -20.7. The van der Waals surface area contributed by atoms with Crippen LogP contribution in [-0.2, 0) is 9.03 Å². The molecule has 0 N–H and O–H groups in total. The van der Waals surface area contributed by atoms with E-state index in [0.717, 1.165) is 0 Å². The molecule has 0 aromatic rings. The van der Waals surface area contributed by atoms with Crippen molar-refractivity contribution in [1.82, 2.24) is 0 Å². The molecule has 0 aliphatic carbocycles. The summed E-state index contributed by atoms with van der Waals surface area (Å²) in [6, 6.07) is 0. The van der Waals surface area contributed by atoms with Crippen LogP contribution in [0.2, 0.25) is 0 Å². The molecular formula is Na5O7PSi. The molecule has 0 aliphatic rings. The van der Waals surface area contributed by atoms with E-state index in [9.17, 15) is 0 Å². The standard InChI is InChI=1S/5Na.H3O4P.O3Si/c;;;;;1-5(2,3)4;1-4(2)3/h;;;;;(H3,1,2,3,4);/q5*+1;;-2/p-3. The number of hydrogen-bond acceptors (Lipinski definition) is 7. The van der Waals surface area contributed by atoms with E-state index in [0.29, 0.717) is 0 Å². The second kappa shape index (κ2) is 26.3. The van der Waals surface area contributed by atoms with Crippen LogP contribution in [0.5, 0.6) is 0 Å². The maximum atomic E-state index is 8.55. The van der Waals surface area contributed by atoms with E-state index in [1.54, 1.807) is 0 Å². The molecule has 0 saturated carbocycles. The van der Waals surface area contributed by atoms with Crippen molar-refractivity contribution in [3.8, 4) is 0 Å². The fourth-order valence-electron chi connectivity index (χ4n) is 0. The van der Waals surface area contributed by atoms with Gasteiger partial charge in [0.1, 0.15) is 0 Å². The summed E-state index contributed by atoms with van der Waals surface area (Å²) in [6.45, 7) is 0. The van der Waals surface area contributed by atoms with Crippen LogP contribution >= 0.6 is 7.82 Å². The molecule has 56 valence electrons. The van der Waals surface area contributed by atoms with Crippen molar-refractivity contribution in [2.45, 2.75) is 0 Å². The monoisotopic (exact) mass is 286 g/mol. The van der Waals surface area contributed by atoms with Crippen LogP contribution in [0.3, 0.4) is 0 Å². The Labute approximate surface area is 193 Å². The van der Waals surface area contributed by atoms with E-state index in [1.165, 1.54) is 0 Å². The summed E-state index contributed by atoms with van der Waals surface area (Å²) in [5.41, 5.74) is 0. The van der Waals surface area contributed by atoms with E-state index in [1.807, 2.05) is 0 Å². The second-order valence-corrected chi connectivity index (χ2v) is 2.09. The van der Waals surface area contributed by atoms with E-state index in [2.05, 4.69) is 0 Å². The zero-order valence-corrected chi connectivity index (χ0v) is 20.7. The minimum absolute atomic E-state index is 0. The van der Waals surface area contributed by atoms with Crippen molar-refractivity contribution < 1.29 is 181 Å². The Bertz CT molecular complexity index is 122. The molecule has 14 heavy (non-hydrogen) atoms. The van der Waals surface area contributed by atoms with Crippen molar-refractivity contribution >= 4 is 17.0 Å². The normalized spacial score (nSPS) is 5.93. The maximum absolute atomic E-state index is 8.55. The molecule has 0 unspecified atom stereocenters. The predicted molar refractivity (Wildman–Crippen MR) is 14.0 cm³/mol. The van der Waals surface area contributed by atoms with Gasteiger partial charge in [-0.05, 0) is 0 Å². The molecule has 0 amide bonds. The van der Waals surface area contributed by atoms with Gasteiger partial charge in [0.05, 0.1) is 0 Å². The van der Waals surface area contributed by atoms with E-state index >= 15 is 0 Å². The van der Waals surface area contributed by atoms with Gasteiger partial charge in [-0.1, -0.05) is 0 Å². The first-order chi connectivity index (χ1) is 3.73. The Morgan fingerprint density at radius 1 is 0.786 bits per heavy atom. The Morgan fingerprint density at radius 2 is 0.786 bits per heavy atom. The molecule has 0 saturated heterocycles. The van der Waals surface area contributed by atoms with E-state index < -0.39 is 17.0 Å². The van der Waals surface area contributed by atoms with Crippen LogP contribution in [0, 0.1) is 0 Å². The van der Waals surface area contributed by atoms with Crippen molar-refractivity contribution in [3.05, 3.63) is 0 Å². The van der Waals surface area contributed by atoms with Crippen molar-refractivity contribution in [1.29, 1.82) is 0 Å². The number of hydrogen-bond donors (Lipinski definition) is 0. The third-order valence-corrected chi connectivity index (χ3v) is 0. The minimum atomic E-state index is -5.39. The van der Waals surface area contributed by atoms with Crippen molar-refractivity contribution in [2.75, 3.05) is 0 Å².